The molecule has 3 unspecified atom stereocenters. The Kier molecular flexibility index (Phi) is 11.1. The first kappa shape index (κ1) is 26.3. The Balaban J connectivity index is 2.61. The third-order valence-corrected chi connectivity index (χ3v) is 4.16. The SMILES string of the molecule is NC(N)=NCCCC(N)C(=O)NCC(=O)NC(Cc1cnc[nH]1)C(=O)NC(CO)C(=O)O. The predicted molar refractivity (Wildman–Crippen MR) is 112 cm³/mol. The molecule has 0 aliphatic rings. The van der Waals surface area contributed by atoms with Gasteiger partial charge in [-0.15, -0.1) is 0 Å². The number of hydrogen-bond acceptors (Lipinski definition) is 8. The van der Waals surface area contributed by atoms with E-state index in [0.29, 0.717) is 18.7 Å². The molecule has 1 aromatic rings. The van der Waals surface area contributed by atoms with Crippen molar-refractivity contribution in [3.8, 4) is 0 Å². The summed E-state index contributed by atoms with van der Waals surface area (Å²) in [5.74, 6) is -3.62. The van der Waals surface area contributed by atoms with Crippen molar-refractivity contribution in [1.82, 2.24) is 25.9 Å². The van der Waals surface area contributed by atoms with Crippen LogP contribution < -0.4 is 33.2 Å². The van der Waals surface area contributed by atoms with Gasteiger partial charge in [0.2, 0.25) is 17.7 Å². The van der Waals surface area contributed by atoms with Gasteiger partial charge in [0.05, 0.1) is 25.5 Å². The van der Waals surface area contributed by atoms with Crippen molar-refractivity contribution < 1.29 is 29.4 Å². The molecule has 3 amide bonds. The second-order valence-electron chi connectivity index (χ2n) is 6.76. The summed E-state index contributed by atoms with van der Waals surface area (Å²) in [4.78, 5) is 58.1. The summed E-state index contributed by atoms with van der Waals surface area (Å²) in [6.07, 6.45) is 3.51. The fourth-order valence-corrected chi connectivity index (χ4v) is 2.48. The summed E-state index contributed by atoms with van der Waals surface area (Å²) in [6, 6.07) is -3.62. The molecular formula is C17H29N9O6. The van der Waals surface area contributed by atoms with Gasteiger partial charge in [-0.2, -0.15) is 0 Å². The highest BCUT2D eigenvalue weighted by atomic mass is 16.4. The van der Waals surface area contributed by atoms with Crippen LogP contribution in [0.2, 0.25) is 0 Å². The van der Waals surface area contributed by atoms with E-state index in [1.165, 1.54) is 12.5 Å². The molecule has 3 atom stereocenters. The summed E-state index contributed by atoms with van der Waals surface area (Å²) < 4.78 is 0. The lowest BCUT2D eigenvalue weighted by Crippen LogP contribution is -2.55. The number of carbonyl (C=O) groups excluding carboxylic acids is 3. The highest BCUT2D eigenvalue weighted by Gasteiger charge is 2.27. The molecule has 178 valence electrons. The van der Waals surface area contributed by atoms with Crippen molar-refractivity contribution in [3.63, 3.8) is 0 Å². The summed E-state index contributed by atoms with van der Waals surface area (Å²) in [5.41, 5.74) is 16.6. The number of aliphatic hydroxyl groups is 1. The minimum atomic E-state index is -1.54. The fraction of sp³-hybridized carbons (Fsp3) is 0.529. The van der Waals surface area contributed by atoms with Crippen LogP contribution in [0.3, 0.4) is 0 Å². The molecule has 0 aliphatic carbocycles. The van der Waals surface area contributed by atoms with Crippen molar-refractivity contribution in [2.45, 2.75) is 37.4 Å². The second-order valence-corrected chi connectivity index (χ2v) is 6.76. The van der Waals surface area contributed by atoms with Crippen LogP contribution in [0, 0.1) is 0 Å². The molecule has 32 heavy (non-hydrogen) atoms. The quantitative estimate of drug-likeness (QED) is 0.0736. The molecule has 0 saturated carbocycles. The number of aliphatic hydroxyl groups excluding tert-OH is 1. The third kappa shape index (κ3) is 9.86. The lowest BCUT2D eigenvalue weighted by atomic mass is 10.1. The molecule has 0 spiro atoms. The Labute approximate surface area is 183 Å². The van der Waals surface area contributed by atoms with Gasteiger partial charge in [0.1, 0.15) is 12.1 Å². The van der Waals surface area contributed by atoms with Gasteiger partial charge in [-0.1, -0.05) is 0 Å². The number of H-pyrrole nitrogens is 1. The van der Waals surface area contributed by atoms with E-state index in [9.17, 15) is 19.2 Å². The van der Waals surface area contributed by atoms with E-state index in [2.05, 4.69) is 30.9 Å². The third-order valence-electron chi connectivity index (χ3n) is 4.16. The number of hydrogen-bond donors (Lipinski definition) is 9. The summed E-state index contributed by atoms with van der Waals surface area (Å²) in [7, 11) is 0. The number of carboxylic acids is 1. The zero-order valence-electron chi connectivity index (χ0n) is 17.3. The number of nitrogens with zero attached hydrogens (tertiary/aromatic N) is 2. The summed E-state index contributed by atoms with van der Waals surface area (Å²) in [5, 5.41) is 25.0. The maximum Gasteiger partial charge on any atom is 0.328 e. The van der Waals surface area contributed by atoms with Crippen molar-refractivity contribution in [2.24, 2.45) is 22.2 Å². The van der Waals surface area contributed by atoms with Gasteiger partial charge in [-0.05, 0) is 12.8 Å². The Morgan fingerprint density at radius 3 is 2.44 bits per heavy atom. The number of aliphatic imine (C=N–C) groups is 1. The van der Waals surface area contributed by atoms with E-state index < -0.39 is 55.0 Å². The lowest BCUT2D eigenvalue weighted by molar-refractivity contribution is -0.143. The molecule has 1 rings (SSSR count). The standard InChI is InChI=1S/C17H29N9O6/c18-10(2-1-3-22-17(19)20)14(29)23-6-13(28)25-11(4-9-5-21-8-24-9)15(30)26-12(7-27)16(31)32/h5,8,10-12,27H,1-4,6-7,18H2,(H,21,24)(H,23,29)(H,25,28)(H,26,30)(H,31,32)(H4,19,20,22). The van der Waals surface area contributed by atoms with Crippen LogP contribution in [-0.2, 0) is 25.6 Å². The molecule has 0 aliphatic heterocycles. The maximum absolute atomic E-state index is 12.4. The number of imidazole rings is 1. The number of guanidine groups is 1. The molecule has 15 nitrogen and oxygen atoms in total. The number of aromatic amines is 1. The number of aromatic nitrogens is 2. The van der Waals surface area contributed by atoms with E-state index in [0.717, 1.165) is 0 Å². The minimum Gasteiger partial charge on any atom is -0.480 e. The van der Waals surface area contributed by atoms with Crippen molar-refractivity contribution in [3.05, 3.63) is 18.2 Å². The van der Waals surface area contributed by atoms with Gasteiger partial charge in [-0.3, -0.25) is 19.4 Å². The molecule has 0 aromatic carbocycles. The first-order chi connectivity index (χ1) is 15.1. The zero-order valence-corrected chi connectivity index (χ0v) is 17.3. The molecule has 0 saturated heterocycles. The van der Waals surface area contributed by atoms with Crippen molar-refractivity contribution >= 4 is 29.7 Å². The maximum atomic E-state index is 12.4. The number of nitrogens with two attached hydrogens (primary N) is 3. The first-order valence-corrected chi connectivity index (χ1v) is 9.63. The first-order valence-electron chi connectivity index (χ1n) is 9.63. The van der Waals surface area contributed by atoms with Gasteiger partial charge in [0.15, 0.2) is 5.96 Å². The number of rotatable bonds is 14. The van der Waals surface area contributed by atoms with E-state index in [-0.39, 0.29) is 18.8 Å². The van der Waals surface area contributed by atoms with Crippen LogP contribution in [-0.4, -0.2) is 87.7 Å². The molecule has 15 heteroatoms. The van der Waals surface area contributed by atoms with Crippen LogP contribution in [0.25, 0.3) is 0 Å². The molecular weight excluding hydrogens is 426 g/mol. The highest BCUT2D eigenvalue weighted by molar-refractivity contribution is 5.92. The van der Waals surface area contributed by atoms with Crippen molar-refractivity contribution in [2.75, 3.05) is 19.7 Å². The number of nitrogens with one attached hydrogen (secondary N) is 4. The predicted octanol–water partition coefficient (Wildman–Crippen LogP) is -4.50. The molecule has 12 N–H and O–H groups in total. The van der Waals surface area contributed by atoms with Crippen LogP contribution in [0.15, 0.2) is 17.5 Å². The van der Waals surface area contributed by atoms with E-state index in [1.54, 1.807) is 0 Å². The van der Waals surface area contributed by atoms with E-state index >= 15 is 0 Å². The number of aliphatic carboxylic acids is 1. The highest BCUT2D eigenvalue weighted by Crippen LogP contribution is 2.00. The Morgan fingerprint density at radius 1 is 1.16 bits per heavy atom. The molecule has 0 radical (unpaired) electrons. The van der Waals surface area contributed by atoms with Gasteiger partial charge in [-0.25, -0.2) is 9.78 Å². The van der Waals surface area contributed by atoms with Gasteiger partial charge < -0.3 is 48.3 Å². The Morgan fingerprint density at radius 2 is 1.88 bits per heavy atom. The van der Waals surface area contributed by atoms with Gasteiger partial charge in [0, 0.05) is 24.9 Å². The average Bonchev–Trinajstić information content (AvgIpc) is 3.25. The summed E-state index contributed by atoms with van der Waals surface area (Å²) >= 11 is 0. The van der Waals surface area contributed by atoms with Crippen LogP contribution in [0.5, 0.6) is 0 Å². The number of carboxylic acid groups (broad SMARTS) is 1. The summed E-state index contributed by atoms with van der Waals surface area (Å²) in [6.45, 7) is -0.988. The number of amides is 3. The lowest BCUT2D eigenvalue weighted by Gasteiger charge is -2.20. The Bertz CT molecular complexity index is 794. The second kappa shape index (κ2) is 13.6. The monoisotopic (exact) mass is 455 g/mol. The smallest absolute Gasteiger partial charge is 0.328 e. The molecule has 0 fully saturated rings. The largest absolute Gasteiger partial charge is 0.480 e. The normalized spacial score (nSPS) is 13.3. The number of carbonyl (C=O) groups is 4. The van der Waals surface area contributed by atoms with E-state index in [4.69, 9.17) is 27.4 Å². The topological polar surface area (TPSA) is 264 Å². The van der Waals surface area contributed by atoms with Crippen LogP contribution in [0.4, 0.5) is 0 Å². The minimum absolute atomic E-state index is 0.0341. The molecule has 1 heterocycles. The van der Waals surface area contributed by atoms with Crippen molar-refractivity contribution in [1.29, 1.82) is 0 Å². The molecule has 0 bridgehead atoms. The van der Waals surface area contributed by atoms with Crippen LogP contribution in [0.1, 0.15) is 18.5 Å². The van der Waals surface area contributed by atoms with Gasteiger partial charge in [0.25, 0.3) is 0 Å². The average molecular weight is 455 g/mol. The Hall–Kier alpha value is -3.72. The fourth-order valence-electron chi connectivity index (χ4n) is 2.48. The van der Waals surface area contributed by atoms with E-state index in [1.807, 2.05) is 0 Å². The van der Waals surface area contributed by atoms with Gasteiger partial charge >= 0.3 is 5.97 Å². The zero-order chi connectivity index (χ0) is 24.1. The molecule has 1 aromatic heterocycles. The van der Waals surface area contributed by atoms with Crippen LogP contribution >= 0.6 is 0 Å².